The zero-order valence-corrected chi connectivity index (χ0v) is 8.14. The zero-order valence-electron chi connectivity index (χ0n) is 8.14. The quantitative estimate of drug-likeness (QED) is 0.663. The van der Waals surface area contributed by atoms with Crippen molar-refractivity contribution < 1.29 is 9.53 Å². The van der Waals surface area contributed by atoms with E-state index in [2.05, 4.69) is 0 Å². The molecular weight excluding hydrogens is 166 g/mol. The molecule has 0 radical (unpaired) electrons. The molecule has 0 spiro atoms. The zero-order chi connectivity index (χ0) is 9.53. The number of carbonyl (C=O) groups excluding carboxylic acids is 1. The summed E-state index contributed by atoms with van der Waals surface area (Å²) in [6.07, 6.45) is 4.15. The van der Waals surface area contributed by atoms with Gasteiger partial charge in [0.05, 0.1) is 12.0 Å². The number of ether oxygens (including phenoxy) is 1. The topological polar surface area (TPSA) is 52.3 Å². The highest BCUT2D eigenvalue weighted by Crippen LogP contribution is 2.75. The lowest BCUT2D eigenvalue weighted by atomic mass is 9.34. The molecule has 3 heteroatoms. The molecule has 3 rings (SSSR count). The van der Waals surface area contributed by atoms with Crippen molar-refractivity contribution in [2.24, 2.45) is 16.6 Å². The third kappa shape index (κ3) is 1.10. The molecule has 2 bridgehead atoms. The van der Waals surface area contributed by atoms with E-state index in [4.69, 9.17) is 10.5 Å². The van der Waals surface area contributed by atoms with E-state index in [-0.39, 0.29) is 11.4 Å². The van der Waals surface area contributed by atoms with Crippen LogP contribution in [0.3, 0.4) is 0 Å². The van der Waals surface area contributed by atoms with Crippen molar-refractivity contribution in [3.05, 3.63) is 0 Å². The summed E-state index contributed by atoms with van der Waals surface area (Å²) in [5, 5.41) is 0. The summed E-state index contributed by atoms with van der Waals surface area (Å²) in [7, 11) is 0. The fourth-order valence-electron chi connectivity index (χ4n) is 3.07. The Labute approximate surface area is 78.6 Å². The smallest absolute Gasteiger partial charge is 0.312 e. The largest absolute Gasteiger partial charge is 0.466 e. The van der Waals surface area contributed by atoms with Gasteiger partial charge >= 0.3 is 5.97 Å². The van der Waals surface area contributed by atoms with Gasteiger partial charge in [0.25, 0.3) is 0 Å². The van der Waals surface area contributed by atoms with Crippen molar-refractivity contribution in [3.8, 4) is 0 Å². The third-order valence-electron chi connectivity index (χ3n) is 3.52. The first kappa shape index (κ1) is 9.00. The Kier molecular flexibility index (Phi) is 1.88. The number of rotatable bonds is 4. The summed E-state index contributed by atoms with van der Waals surface area (Å²) in [5.74, 6) is 0.0221. The molecule has 3 aliphatic rings. The van der Waals surface area contributed by atoms with Gasteiger partial charge in [-0.25, -0.2) is 0 Å². The minimum atomic E-state index is -0.0782. The Hall–Kier alpha value is -0.570. The monoisotopic (exact) mass is 183 g/mol. The van der Waals surface area contributed by atoms with Gasteiger partial charge in [0.15, 0.2) is 0 Å². The Morgan fingerprint density at radius 2 is 2.08 bits per heavy atom. The van der Waals surface area contributed by atoms with Crippen LogP contribution in [0.4, 0.5) is 0 Å². The van der Waals surface area contributed by atoms with E-state index < -0.39 is 0 Å². The number of esters is 1. The van der Waals surface area contributed by atoms with Crippen LogP contribution in [0, 0.1) is 10.8 Å². The molecule has 0 atom stereocenters. The molecule has 3 fully saturated rings. The van der Waals surface area contributed by atoms with Crippen molar-refractivity contribution in [3.63, 3.8) is 0 Å². The molecule has 2 N–H and O–H groups in total. The van der Waals surface area contributed by atoms with Gasteiger partial charge < -0.3 is 10.5 Å². The van der Waals surface area contributed by atoms with Gasteiger partial charge in [0, 0.05) is 0 Å². The average molecular weight is 183 g/mol. The van der Waals surface area contributed by atoms with E-state index >= 15 is 0 Å². The molecule has 0 amide bonds. The number of hydrogen-bond donors (Lipinski definition) is 1. The maximum absolute atomic E-state index is 11.5. The minimum absolute atomic E-state index is 0.0221. The first-order valence-corrected chi connectivity index (χ1v) is 5.04. The van der Waals surface area contributed by atoms with E-state index in [0.29, 0.717) is 12.0 Å². The molecule has 0 aromatic heterocycles. The highest BCUT2D eigenvalue weighted by Gasteiger charge is 2.71. The van der Waals surface area contributed by atoms with Crippen molar-refractivity contribution in [2.75, 3.05) is 13.2 Å². The number of hydrogen-bond acceptors (Lipinski definition) is 3. The predicted molar refractivity (Wildman–Crippen MR) is 49.0 cm³/mol. The fraction of sp³-hybridized carbons (Fsp3) is 0.900. The molecular formula is C10H17NO2. The van der Waals surface area contributed by atoms with Gasteiger partial charge in [-0.05, 0) is 44.6 Å². The van der Waals surface area contributed by atoms with Gasteiger partial charge in [0.1, 0.15) is 0 Å². The van der Waals surface area contributed by atoms with Gasteiger partial charge in [-0.3, -0.25) is 4.79 Å². The lowest BCUT2D eigenvalue weighted by Gasteiger charge is -2.69. The normalized spacial score (nSPS) is 40.5. The second-order valence-corrected chi connectivity index (χ2v) is 4.57. The lowest BCUT2D eigenvalue weighted by molar-refractivity contribution is -0.228. The summed E-state index contributed by atoms with van der Waals surface area (Å²) in [6, 6.07) is 0. The molecule has 0 unspecified atom stereocenters. The van der Waals surface area contributed by atoms with Crippen LogP contribution >= 0.6 is 0 Å². The SMILES string of the molecule is CCOC(=O)C12CC(CCN)(C1)C2. The summed E-state index contributed by atoms with van der Waals surface area (Å²) in [5.41, 5.74) is 5.86. The highest BCUT2D eigenvalue weighted by molar-refractivity contribution is 5.81. The van der Waals surface area contributed by atoms with Crippen molar-refractivity contribution in [2.45, 2.75) is 32.6 Å². The Bertz CT molecular complexity index is 217. The van der Waals surface area contributed by atoms with Crippen LogP contribution in [0.5, 0.6) is 0 Å². The van der Waals surface area contributed by atoms with Crippen LogP contribution in [0.2, 0.25) is 0 Å². The van der Waals surface area contributed by atoms with Gasteiger partial charge in [0.2, 0.25) is 0 Å². The molecule has 74 valence electrons. The second-order valence-electron chi connectivity index (χ2n) is 4.57. The Balaban J connectivity index is 1.85. The van der Waals surface area contributed by atoms with Crippen LogP contribution in [-0.2, 0) is 9.53 Å². The van der Waals surface area contributed by atoms with Crippen LogP contribution in [0.25, 0.3) is 0 Å². The van der Waals surface area contributed by atoms with E-state index in [1.54, 1.807) is 0 Å². The Morgan fingerprint density at radius 1 is 1.46 bits per heavy atom. The molecule has 0 aliphatic heterocycles. The second kappa shape index (κ2) is 2.71. The number of nitrogens with two attached hydrogens (primary N) is 1. The maximum atomic E-state index is 11.5. The average Bonchev–Trinajstić information content (AvgIpc) is 1.94. The van der Waals surface area contributed by atoms with E-state index in [1.807, 2.05) is 6.92 Å². The lowest BCUT2D eigenvalue weighted by Crippen LogP contribution is -2.66. The molecule has 3 nitrogen and oxygen atoms in total. The fourth-order valence-corrected chi connectivity index (χ4v) is 3.07. The van der Waals surface area contributed by atoms with Gasteiger partial charge in [-0.1, -0.05) is 0 Å². The van der Waals surface area contributed by atoms with Crippen LogP contribution in [0.1, 0.15) is 32.6 Å². The molecule has 0 heterocycles. The molecule has 0 aromatic carbocycles. The summed E-state index contributed by atoms with van der Waals surface area (Å²) >= 11 is 0. The van der Waals surface area contributed by atoms with Crippen LogP contribution < -0.4 is 5.73 Å². The summed E-state index contributed by atoms with van der Waals surface area (Å²) in [4.78, 5) is 11.5. The minimum Gasteiger partial charge on any atom is -0.466 e. The molecule has 3 aliphatic carbocycles. The molecule has 0 saturated heterocycles. The van der Waals surface area contributed by atoms with E-state index in [9.17, 15) is 4.79 Å². The standard InChI is InChI=1S/C10H17NO2/c1-2-13-8(12)10-5-9(6-10,7-10)3-4-11/h2-7,11H2,1H3. The van der Waals surface area contributed by atoms with Crippen molar-refractivity contribution in [1.82, 2.24) is 0 Å². The highest BCUT2D eigenvalue weighted by atomic mass is 16.5. The van der Waals surface area contributed by atoms with Gasteiger partial charge in [-0.15, -0.1) is 0 Å². The summed E-state index contributed by atoms with van der Waals surface area (Å²) < 4.78 is 5.04. The van der Waals surface area contributed by atoms with Crippen molar-refractivity contribution >= 4 is 5.97 Å². The van der Waals surface area contributed by atoms with E-state index in [0.717, 1.165) is 32.2 Å². The molecule has 0 aromatic rings. The van der Waals surface area contributed by atoms with Gasteiger partial charge in [-0.2, -0.15) is 0 Å². The summed E-state index contributed by atoms with van der Waals surface area (Å²) in [6.45, 7) is 3.11. The Morgan fingerprint density at radius 3 is 2.54 bits per heavy atom. The van der Waals surface area contributed by atoms with E-state index in [1.165, 1.54) is 0 Å². The first-order chi connectivity index (χ1) is 6.16. The molecule has 13 heavy (non-hydrogen) atoms. The first-order valence-electron chi connectivity index (χ1n) is 5.04. The third-order valence-corrected chi connectivity index (χ3v) is 3.52. The predicted octanol–water partition coefficient (Wildman–Crippen LogP) is 1.07. The van der Waals surface area contributed by atoms with Crippen LogP contribution in [-0.4, -0.2) is 19.1 Å². The van der Waals surface area contributed by atoms with Crippen LogP contribution in [0.15, 0.2) is 0 Å². The maximum Gasteiger partial charge on any atom is 0.312 e. The number of carbonyl (C=O) groups is 1. The van der Waals surface area contributed by atoms with Crippen molar-refractivity contribution in [1.29, 1.82) is 0 Å². The molecule has 3 saturated carbocycles.